The van der Waals surface area contributed by atoms with Gasteiger partial charge in [-0.3, -0.25) is 0 Å². The quantitative estimate of drug-likeness (QED) is 0.265. The average Bonchev–Trinajstić information content (AvgIpc) is 0.722. The fourth-order valence-corrected chi connectivity index (χ4v) is 0. The topological polar surface area (TPSA) is 141 Å². The number of hydrogen-bond acceptors (Lipinski definition) is 1. The molecule has 0 atom stereocenters. The van der Waals surface area contributed by atoms with Crippen molar-refractivity contribution in [1.29, 1.82) is 0 Å². The third-order valence-corrected chi connectivity index (χ3v) is 0. The van der Waals surface area contributed by atoms with Crippen LogP contribution in [0.4, 0.5) is 0 Å². The zero-order valence-electron chi connectivity index (χ0n) is 5.90. The van der Waals surface area contributed by atoms with Crippen LogP contribution in [0.25, 0.3) is 0 Å². The molecule has 9 heavy (non-hydrogen) atoms. The SMILES string of the molecule is O.O.O=P(O)(O)O.[AlH3].[H-].[H-].[Mg+2]. The molecule has 9 heteroatoms. The largest absolute Gasteiger partial charge is 2.00 e. The van der Waals surface area contributed by atoms with Crippen LogP contribution in [0.15, 0.2) is 0 Å². The molecule has 0 aliphatic rings. The van der Waals surface area contributed by atoms with Gasteiger partial charge in [-0.25, -0.2) is 4.57 Å². The summed E-state index contributed by atoms with van der Waals surface area (Å²) < 4.78 is 8.88. The van der Waals surface area contributed by atoms with Gasteiger partial charge in [0.05, 0.1) is 0 Å². The van der Waals surface area contributed by atoms with Crippen LogP contribution in [-0.4, -0.2) is 66.0 Å². The first-order valence-corrected chi connectivity index (χ1v) is 2.35. The van der Waals surface area contributed by atoms with E-state index in [4.69, 9.17) is 19.2 Å². The first kappa shape index (κ1) is 31.7. The third kappa shape index (κ3) is 284. The molecular formula is H12AlMgO6P. The van der Waals surface area contributed by atoms with Crippen LogP contribution in [0.2, 0.25) is 0 Å². The van der Waals surface area contributed by atoms with E-state index in [1.165, 1.54) is 0 Å². The zero-order chi connectivity index (χ0) is 4.50. The standard InChI is InChI=1S/Al.Mg.H3O4P.2H2O.5H/c;;1-5(2,3)4;;;;;;;/h;;(H3,1,2,3,4);2*1H2;;;;;/q;+2;;;;;;;2*-1. The first-order chi connectivity index (χ1) is 2.00. The van der Waals surface area contributed by atoms with Crippen molar-refractivity contribution in [2.45, 2.75) is 0 Å². The monoisotopic (exact) mass is 190 g/mol. The summed E-state index contributed by atoms with van der Waals surface area (Å²) in [5, 5.41) is 0. The maximum Gasteiger partial charge on any atom is 2.00 e. The predicted molar refractivity (Wildman–Crippen MR) is 39.4 cm³/mol. The van der Waals surface area contributed by atoms with E-state index >= 15 is 0 Å². The third-order valence-electron chi connectivity index (χ3n) is 0. The number of phosphoric acid groups is 1. The molecule has 0 bridgehead atoms. The maximum atomic E-state index is 8.88. The molecule has 58 valence electrons. The summed E-state index contributed by atoms with van der Waals surface area (Å²) in [4.78, 5) is 21.6. The Balaban J connectivity index is -0.00000000533. The molecule has 0 spiro atoms. The van der Waals surface area contributed by atoms with E-state index in [-0.39, 0.29) is 54.2 Å². The summed E-state index contributed by atoms with van der Waals surface area (Å²) in [6, 6.07) is 0. The van der Waals surface area contributed by atoms with Crippen molar-refractivity contribution in [2.75, 3.05) is 0 Å². The Morgan fingerprint density at radius 3 is 1.11 bits per heavy atom. The van der Waals surface area contributed by atoms with Crippen LogP contribution in [0.3, 0.4) is 0 Å². The molecule has 7 N–H and O–H groups in total. The van der Waals surface area contributed by atoms with Gasteiger partial charge in [0.25, 0.3) is 0 Å². The molecule has 0 heterocycles. The molecule has 0 unspecified atom stereocenters. The molecule has 0 aliphatic heterocycles. The molecule has 6 nitrogen and oxygen atoms in total. The second kappa shape index (κ2) is 12.0. The average molecular weight is 190 g/mol. The van der Waals surface area contributed by atoms with E-state index in [1.807, 2.05) is 0 Å². The second-order valence-corrected chi connectivity index (χ2v) is 1.54. The zero-order valence-corrected chi connectivity index (χ0v) is 6.21. The van der Waals surface area contributed by atoms with Gasteiger partial charge in [0.15, 0.2) is 17.4 Å². The summed E-state index contributed by atoms with van der Waals surface area (Å²) in [7, 11) is -4.64. The minimum atomic E-state index is -4.64. The van der Waals surface area contributed by atoms with Crippen molar-refractivity contribution in [3.05, 3.63) is 0 Å². The Labute approximate surface area is 81.4 Å². The molecule has 0 rings (SSSR count). The van der Waals surface area contributed by atoms with Crippen molar-refractivity contribution in [2.24, 2.45) is 0 Å². The Morgan fingerprint density at radius 2 is 1.11 bits per heavy atom. The molecule has 0 aromatic carbocycles. The molecule has 0 aromatic rings. The molecule has 0 aromatic heterocycles. The van der Waals surface area contributed by atoms with Gasteiger partial charge in [-0.2, -0.15) is 0 Å². The van der Waals surface area contributed by atoms with Crippen LogP contribution >= 0.6 is 7.82 Å². The van der Waals surface area contributed by atoms with E-state index in [1.54, 1.807) is 0 Å². The fourth-order valence-electron chi connectivity index (χ4n) is 0. The smallest absolute Gasteiger partial charge is 1.00 e. The summed E-state index contributed by atoms with van der Waals surface area (Å²) in [5.41, 5.74) is 0. The van der Waals surface area contributed by atoms with Crippen molar-refractivity contribution < 1.29 is 33.1 Å². The van der Waals surface area contributed by atoms with E-state index in [0.717, 1.165) is 0 Å². The van der Waals surface area contributed by atoms with Gasteiger partial charge in [-0.05, 0) is 0 Å². The van der Waals surface area contributed by atoms with Crippen molar-refractivity contribution >= 4 is 48.2 Å². The van der Waals surface area contributed by atoms with Gasteiger partial charge in [0.1, 0.15) is 0 Å². The Kier molecular flexibility index (Phi) is 42.4. The predicted octanol–water partition coefficient (Wildman–Crippen LogP) is -3.92. The van der Waals surface area contributed by atoms with E-state index in [9.17, 15) is 0 Å². The molecule has 0 fully saturated rings. The molecule has 0 aliphatic carbocycles. The summed E-state index contributed by atoms with van der Waals surface area (Å²) in [6.45, 7) is 0. The van der Waals surface area contributed by atoms with Crippen LogP contribution in [0.5, 0.6) is 0 Å². The van der Waals surface area contributed by atoms with Crippen LogP contribution < -0.4 is 0 Å². The van der Waals surface area contributed by atoms with Crippen LogP contribution in [0, 0.1) is 0 Å². The van der Waals surface area contributed by atoms with Crippen LogP contribution in [-0.2, 0) is 4.57 Å². The van der Waals surface area contributed by atoms with E-state index in [2.05, 4.69) is 0 Å². The van der Waals surface area contributed by atoms with Gasteiger partial charge in [-0.15, -0.1) is 0 Å². The number of rotatable bonds is 0. The van der Waals surface area contributed by atoms with Gasteiger partial charge in [0, 0.05) is 0 Å². The molecule has 0 saturated carbocycles. The molecule has 0 saturated heterocycles. The minimum absolute atomic E-state index is 0. The Morgan fingerprint density at radius 1 is 1.11 bits per heavy atom. The first-order valence-electron chi connectivity index (χ1n) is 0.783. The van der Waals surface area contributed by atoms with E-state index < -0.39 is 7.82 Å². The summed E-state index contributed by atoms with van der Waals surface area (Å²) in [6.07, 6.45) is 0. The molecule has 0 amide bonds. The Hall–Kier alpha value is 1.33. The van der Waals surface area contributed by atoms with Gasteiger partial charge >= 0.3 is 30.9 Å². The summed E-state index contributed by atoms with van der Waals surface area (Å²) >= 11 is 0. The fraction of sp³-hybridized carbons (Fsp3) is 0. The Bertz CT molecular complexity index is 66.7. The maximum absolute atomic E-state index is 8.88. The van der Waals surface area contributed by atoms with Gasteiger partial charge in [0.2, 0.25) is 0 Å². The normalized spacial score (nSPS) is 6.56. The van der Waals surface area contributed by atoms with Crippen molar-refractivity contribution in [1.82, 2.24) is 0 Å². The van der Waals surface area contributed by atoms with Crippen LogP contribution in [0.1, 0.15) is 2.85 Å². The van der Waals surface area contributed by atoms with Gasteiger partial charge < -0.3 is 28.5 Å². The van der Waals surface area contributed by atoms with Gasteiger partial charge in [-0.1, -0.05) is 0 Å². The minimum Gasteiger partial charge on any atom is -1.00 e. The molecular weight excluding hydrogens is 178 g/mol. The van der Waals surface area contributed by atoms with E-state index in [0.29, 0.717) is 0 Å². The second-order valence-electron chi connectivity index (χ2n) is 0.513. The summed E-state index contributed by atoms with van der Waals surface area (Å²) in [5.74, 6) is 0. The van der Waals surface area contributed by atoms with Crippen molar-refractivity contribution in [3.63, 3.8) is 0 Å². The van der Waals surface area contributed by atoms with Crippen molar-refractivity contribution in [3.8, 4) is 0 Å². The number of hydrogen-bond donors (Lipinski definition) is 3. The molecule has 0 radical (unpaired) electrons.